The van der Waals surface area contributed by atoms with Gasteiger partial charge in [-0.05, 0) is 25.0 Å². The van der Waals surface area contributed by atoms with Gasteiger partial charge in [-0.3, -0.25) is 4.79 Å². The topological polar surface area (TPSA) is 103 Å². The molecule has 21 heavy (non-hydrogen) atoms. The standard InChI is InChI=1S/C14H15N5O2/c1-21-11-5-4-10(14(18-11)17-8-2-3-8)12-9(13(15)20)6-7-16-19-12/h4-8H,2-3H2,1H3,(H2,15,20)(H,17,18). The molecule has 7 heteroatoms. The Kier molecular flexibility index (Phi) is 3.39. The van der Waals surface area contributed by atoms with Crippen LogP contribution in [0.1, 0.15) is 23.2 Å². The number of hydrogen-bond acceptors (Lipinski definition) is 6. The molecular weight excluding hydrogens is 270 g/mol. The number of pyridine rings is 1. The van der Waals surface area contributed by atoms with Crippen molar-refractivity contribution >= 4 is 11.7 Å². The van der Waals surface area contributed by atoms with E-state index >= 15 is 0 Å². The molecule has 0 bridgehead atoms. The summed E-state index contributed by atoms with van der Waals surface area (Å²) in [4.78, 5) is 15.9. The summed E-state index contributed by atoms with van der Waals surface area (Å²) in [7, 11) is 1.56. The Morgan fingerprint density at radius 2 is 2.19 bits per heavy atom. The molecule has 2 aromatic heterocycles. The average molecular weight is 285 g/mol. The lowest BCUT2D eigenvalue weighted by molar-refractivity contribution is 0.100. The summed E-state index contributed by atoms with van der Waals surface area (Å²) < 4.78 is 5.15. The summed E-state index contributed by atoms with van der Waals surface area (Å²) in [5.41, 5.74) is 6.82. The van der Waals surface area contributed by atoms with Crippen LogP contribution in [0.4, 0.5) is 5.82 Å². The van der Waals surface area contributed by atoms with Crippen LogP contribution in [0, 0.1) is 0 Å². The first-order chi connectivity index (χ1) is 10.2. The Hall–Kier alpha value is -2.70. The maximum Gasteiger partial charge on any atom is 0.251 e. The molecule has 0 saturated heterocycles. The van der Waals surface area contributed by atoms with Crippen LogP contribution >= 0.6 is 0 Å². The molecule has 0 aliphatic heterocycles. The average Bonchev–Trinajstić information content (AvgIpc) is 3.31. The van der Waals surface area contributed by atoms with E-state index in [2.05, 4.69) is 20.5 Å². The van der Waals surface area contributed by atoms with Gasteiger partial charge in [-0.25, -0.2) is 0 Å². The summed E-state index contributed by atoms with van der Waals surface area (Å²) >= 11 is 0. The number of methoxy groups -OCH3 is 1. The number of rotatable bonds is 5. The van der Waals surface area contributed by atoms with Gasteiger partial charge in [0, 0.05) is 17.7 Å². The first-order valence-corrected chi connectivity index (χ1v) is 6.62. The molecule has 0 spiro atoms. The highest BCUT2D eigenvalue weighted by atomic mass is 16.5. The fourth-order valence-electron chi connectivity index (χ4n) is 2.01. The lowest BCUT2D eigenvalue weighted by atomic mass is 10.1. The monoisotopic (exact) mass is 285 g/mol. The van der Waals surface area contributed by atoms with Crippen molar-refractivity contribution in [3.05, 3.63) is 30.0 Å². The second-order valence-electron chi connectivity index (χ2n) is 4.83. The zero-order valence-electron chi connectivity index (χ0n) is 11.5. The lowest BCUT2D eigenvalue weighted by Gasteiger charge is -2.12. The number of amides is 1. The maximum atomic E-state index is 11.6. The third kappa shape index (κ3) is 2.76. The molecule has 1 aliphatic rings. The van der Waals surface area contributed by atoms with E-state index in [1.54, 1.807) is 25.3 Å². The Labute approximate surface area is 121 Å². The van der Waals surface area contributed by atoms with Gasteiger partial charge in [0.05, 0.1) is 18.9 Å². The van der Waals surface area contributed by atoms with Gasteiger partial charge in [-0.2, -0.15) is 10.1 Å². The van der Waals surface area contributed by atoms with Crippen LogP contribution in [-0.2, 0) is 0 Å². The van der Waals surface area contributed by atoms with Crippen molar-refractivity contribution in [2.75, 3.05) is 12.4 Å². The van der Waals surface area contributed by atoms with Crippen molar-refractivity contribution in [1.82, 2.24) is 15.2 Å². The normalized spacial score (nSPS) is 13.8. The van der Waals surface area contributed by atoms with E-state index < -0.39 is 5.91 Å². The van der Waals surface area contributed by atoms with Gasteiger partial charge < -0.3 is 15.8 Å². The Morgan fingerprint density at radius 3 is 2.86 bits per heavy atom. The molecule has 2 aromatic rings. The van der Waals surface area contributed by atoms with Gasteiger partial charge in [0.2, 0.25) is 5.88 Å². The molecule has 3 rings (SSSR count). The summed E-state index contributed by atoms with van der Waals surface area (Å²) in [6, 6.07) is 5.47. The highest BCUT2D eigenvalue weighted by Crippen LogP contribution is 2.33. The van der Waals surface area contributed by atoms with Gasteiger partial charge in [0.25, 0.3) is 5.91 Å². The SMILES string of the molecule is COc1ccc(-c2nnccc2C(N)=O)c(NC2CC2)n1. The molecule has 7 nitrogen and oxygen atoms in total. The predicted molar refractivity (Wildman–Crippen MR) is 77.0 cm³/mol. The van der Waals surface area contributed by atoms with Crippen molar-refractivity contribution in [2.45, 2.75) is 18.9 Å². The molecule has 0 radical (unpaired) electrons. The number of ether oxygens (including phenoxy) is 1. The number of nitrogens with two attached hydrogens (primary N) is 1. The number of nitrogens with zero attached hydrogens (tertiary/aromatic N) is 3. The maximum absolute atomic E-state index is 11.6. The molecule has 2 heterocycles. The summed E-state index contributed by atoms with van der Waals surface area (Å²) in [5.74, 6) is 0.569. The molecule has 1 aliphatic carbocycles. The van der Waals surface area contributed by atoms with Gasteiger partial charge >= 0.3 is 0 Å². The molecule has 3 N–H and O–H groups in total. The fraction of sp³-hybridized carbons (Fsp3) is 0.286. The van der Waals surface area contributed by atoms with Crippen LogP contribution in [0.25, 0.3) is 11.3 Å². The van der Waals surface area contributed by atoms with Crippen LogP contribution < -0.4 is 15.8 Å². The Bertz CT molecular complexity index is 685. The number of primary amides is 1. The minimum absolute atomic E-state index is 0.316. The van der Waals surface area contributed by atoms with Crippen LogP contribution in [0.2, 0.25) is 0 Å². The molecule has 1 fully saturated rings. The second-order valence-corrected chi connectivity index (χ2v) is 4.83. The predicted octanol–water partition coefficient (Wildman–Crippen LogP) is 1.22. The first-order valence-electron chi connectivity index (χ1n) is 6.62. The minimum Gasteiger partial charge on any atom is -0.481 e. The van der Waals surface area contributed by atoms with E-state index in [0.717, 1.165) is 12.8 Å². The quantitative estimate of drug-likeness (QED) is 0.856. The second kappa shape index (κ2) is 5.35. The highest BCUT2D eigenvalue weighted by Gasteiger charge is 2.24. The van der Waals surface area contributed by atoms with Crippen molar-refractivity contribution in [3.63, 3.8) is 0 Å². The van der Waals surface area contributed by atoms with Crippen LogP contribution in [0.15, 0.2) is 24.4 Å². The fourth-order valence-corrected chi connectivity index (χ4v) is 2.01. The largest absolute Gasteiger partial charge is 0.481 e. The van der Waals surface area contributed by atoms with E-state index in [0.29, 0.717) is 34.6 Å². The van der Waals surface area contributed by atoms with Gasteiger partial charge in [0.15, 0.2) is 0 Å². The number of aromatic nitrogens is 3. The van der Waals surface area contributed by atoms with Crippen molar-refractivity contribution in [3.8, 4) is 17.1 Å². The first kappa shape index (κ1) is 13.3. The number of hydrogen-bond donors (Lipinski definition) is 2. The molecule has 1 saturated carbocycles. The summed E-state index contributed by atoms with van der Waals surface area (Å²) in [6.07, 6.45) is 3.64. The van der Waals surface area contributed by atoms with Crippen LogP contribution in [-0.4, -0.2) is 34.2 Å². The van der Waals surface area contributed by atoms with E-state index in [4.69, 9.17) is 10.5 Å². The molecule has 0 unspecified atom stereocenters. The van der Waals surface area contributed by atoms with Crippen LogP contribution in [0.3, 0.4) is 0 Å². The zero-order valence-corrected chi connectivity index (χ0v) is 11.5. The van der Waals surface area contributed by atoms with Crippen molar-refractivity contribution in [2.24, 2.45) is 5.73 Å². The van der Waals surface area contributed by atoms with Gasteiger partial charge in [-0.15, -0.1) is 5.10 Å². The molecular formula is C14H15N5O2. The molecule has 0 aromatic carbocycles. The van der Waals surface area contributed by atoms with Gasteiger partial charge in [0.1, 0.15) is 11.5 Å². The van der Waals surface area contributed by atoms with E-state index in [1.165, 1.54) is 6.20 Å². The van der Waals surface area contributed by atoms with Crippen molar-refractivity contribution in [1.29, 1.82) is 0 Å². The Balaban J connectivity index is 2.10. The Morgan fingerprint density at radius 1 is 1.38 bits per heavy atom. The molecule has 0 atom stereocenters. The zero-order chi connectivity index (χ0) is 14.8. The van der Waals surface area contributed by atoms with E-state index in [-0.39, 0.29) is 0 Å². The molecule has 108 valence electrons. The summed E-state index contributed by atoms with van der Waals surface area (Å²) in [5, 5.41) is 11.2. The number of carbonyl (C=O) groups excluding carboxylic acids is 1. The van der Waals surface area contributed by atoms with Crippen molar-refractivity contribution < 1.29 is 9.53 Å². The van der Waals surface area contributed by atoms with Crippen LogP contribution in [0.5, 0.6) is 5.88 Å². The minimum atomic E-state index is -0.548. The summed E-state index contributed by atoms with van der Waals surface area (Å²) in [6.45, 7) is 0. The highest BCUT2D eigenvalue weighted by molar-refractivity contribution is 5.99. The third-order valence-electron chi connectivity index (χ3n) is 3.24. The lowest BCUT2D eigenvalue weighted by Crippen LogP contribution is -2.14. The third-order valence-corrected chi connectivity index (χ3v) is 3.24. The number of nitrogens with one attached hydrogen (secondary N) is 1. The van der Waals surface area contributed by atoms with E-state index in [9.17, 15) is 4.79 Å². The number of anilines is 1. The smallest absolute Gasteiger partial charge is 0.251 e. The van der Waals surface area contributed by atoms with E-state index in [1.807, 2.05) is 0 Å². The number of carbonyl (C=O) groups is 1. The van der Waals surface area contributed by atoms with Gasteiger partial charge in [-0.1, -0.05) is 0 Å². The molecule has 1 amide bonds.